The van der Waals surface area contributed by atoms with Crippen LogP contribution >= 0.6 is 0 Å². The molecule has 0 unspecified atom stereocenters. The molecule has 2 fully saturated rings. The van der Waals surface area contributed by atoms with Crippen LogP contribution in [-0.4, -0.2) is 47.4 Å². The summed E-state index contributed by atoms with van der Waals surface area (Å²) in [4.78, 5) is 14.4. The molecule has 5 heteroatoms. The van der Waals surface area contributed by atoms with E-state index in [1.165, 1.54) is 6.42 Å². The molecule has 5 nitrogen and oxygen atoms in total. The molecule has 0 radical (unpaired) electrons. The van der Waals surface area contributed by atoms with Crippen LogP contribution in [0.4, 0.5) is 4.79 Å². The van der Waals surface area contributed by atoms with Gasteiger partial charge in [0, 0.05) is 24.7 Å². The van der Waals surface area contributed by atoms with E-state index in [1.807, 2.05) is 30.3 Å². The van der Waals surface area contributed by atoms with Crippen LogP contribution in [0.1, 0.15) is 31.2 Å². The molecule has 22 heavy (non-hydrogen) atoms. The van der Waals surface area contributed by atoms with Gasteiger partial charge in [0.2, 0.25) is 0 Å². The summed E-state index contributed by atoms with van der Waals surface area (Å²) in [5, 5.41) is 12.2. The highest BCUT2D eigenvalue weighted by atomic mass is 16.5. The molecule has 2 N–H and O–H groups in total. The second-order valence-corrected chi connectivity index (χ2v) is 6.15. The maximum absolute atomic E-state index is 12.0. The molecule has 0 aliphatic carbocycles. The van der Waals surface area contributed by atoms with Gasteiger partial charge < -0.3 is 15.2 Å². The Bertz CT molecular complexity index is 494. The van der Waals surface area contributed by atoms with Crippen LogP contribution in [0, 0.1) is 0 Å². The van der Waals surface area contributed by atoms with E-state index in [9.17, 15) is 9.90 Å². The highest BCUT2D eigenvalue weighted by Crippen LogP contribution is 2.35. The topological polar surface area (TPSA) is 61.8 Å². The fourth-order valence-corrected chi connectivity index (χ4v) is 3.82. The predicted octanol–water partition coefficient (Wildman–Crippen LogP) is 1.90. The molecule has 0 spiro atoms. The quantitative estimate of drug-likeness (QED) is 0.872. The minimum absolute atomic E-state index is 0.133. The minimum Gasteiger partial charge on any atom is -0.445 e. The zero-order valence-corrected chi connectivity index (χ0v) is 12.8. The number of carbonyl (C=O) groups is 1. The van der Waals surface area contributed by atoms with Gasteiger partial charge in [-0.25, -0.2) is 4.79 Å². The maximum atomic E-state index is 12.0. The Morgan fingerprint density at radius 3 is 2.77 bits per heavy atom. The average Bonchev–Trinajstić information content (AvgIpc) is 2.82. The number of benzene rings is 1. The first kappa shape index (κ1) is 15.3. The Balaban J connectivity index is 1.51. The molecule has 2 aliphatic heterocycles. The first-order valence-corrected chi connectivity index (χ1v) is 8.12. The number of ether oxygens (including phenoxy) is 1. The number of alkyl carbamates (subject to hydrolysis) is 1. The van der Waals surface area contributed by atoms with Gasteiger partial charge in [-0.05, 0) is 31.2 Å². The molecule has 120 valence electrons. The van der Waals surface area contributed by atoms with Crippen LogP contribution in [0.3, 0.4) is 0 Å². The standard InChI is InChI=1S/C17H24N2O3/c20-11-10-19-14-6-8-15(16(19)9-7-14)18-17(21)22-12-13-4-2-1-3-5-13/h1-5,14-16,20H,6-12H2,(H,18,21)/t14-,15-,16-/m1/s1. The molecule has 3 atom stereocenters. The fraction of sp³-hybridized carbons (Fsp3) is 0.588. The third-order valence-corrected chi connectivity index (χ3v) is 4.84. The maximum Gasteiger partial charge on any atom is 0.407 e. The molecule has 1 amide bonds. The molecular weight excluding hydrogens is 280 g/mol. The Hall–Kier alpha value is -1.59. The Labute approximate surface area is 131 Å². The summed E-state index contributed by atoms with van der Waals surface area (Å²) in [5.74, 6) is 0. The molecule has 2 saturated heterocycles. The number of amides is 1. The van der Waals surface area contributed by atoms with E-state index in [4.69, 9.17) is 4.74 Å². The molecule has 3 rings (SSSR count). The zero-order chi connectivity index (χ0) is 15.4. The molecule has 2 bridgehead atoms. The molecule has 0 saturated carbocycles. The number of hydrogen-bond acceptors (Lipinski definition) is 4. The van der Waals surface area contributed by atoms with E-state index in [1.54, 1.807) is 0 Å². The van der Waals surface area contributed by atoms with Gasteiger partial charge >= 0.3 is 6.09 Å². The SMILES string of the molecule is O=C(N[C@@H]1CC[C@@H]2CC[C@H]1N2CCO)OCc1ccccc1. The Morgan fingerprint density at radius 2 is 2.00 bits per heavy atom. The number of carbonyl (C=O) groups excluding carboxylic acids is 1. The van der Waals surface area contributed by atoms with E-state index in [-0.39, 0.29) is 18.7 Å². The third kappa shape index (κ3) is 3.42. The number of aliphatic hydroxyl groups excluding tert-OH is 1. The smallest absolute Gasteiger partial charge is 0.407 e. The highest BCUT2D eigenvalue weighted by Gasteiger charge is 2.42. The van der Waals surface area contributed by atoms with Crippen molar-refractivity contribution in [2.75, 3.05) is 13.2 Å². The lowest BCUT2D eigenvalue weighted by atomic mass is 9.97. The fourth-order valence-electron chi connectivity index (χ4n) is 3.82. The van der Waals surface area contributed by atoms with Crippen molar-refractivity contribution in [3.8, 4) is 0 Å². The molecule has 1 aromatic rings. The Kier molecular flexibility index (Phi) is 4.95. The van der Waals surface area contributed by atoms with Crippen LogP contribution < -0.4 is 5.32 Å². The molecule has 2 aliphatic rings. The predicted molar refractivity (Wildman–Crippen MR) is 83.4 cm³/mol. The largest absolute Gasteiger partial charge is 0.445 e. The van der Waals surface area contributed by atoms with Crippen molar-refractivity contribution in [2.24, 2.45) is 0 Å². The van der Waals surface area contributed by atoms with Crippen molar-refractivity contribution in [3.63, 3.8) is 0 Å². The first-order chi connectivity index (χ1) is 10.8. The van der Waals surface area contributed by atoms with Crippen LogP contribution in [0.25, 0.3) is 0 Å². The summed E-state index contributed by atoms with van der Waals surface area (Å²) in [7, 11) is 0. The summed E-state index contributed by atoms with van der Waals surface area (Å²) in [6.45, 7) is 1.18. The van der Waals surface area contributed by atoms with Crippen molar-refractivity contribution in [3.05, 3.63) is 35.9 Å². The van der Waals surface area contributed by atoms with Gasteiger partial charge in [0.25, 0.3) is 0 Å². The van der Waals surface area contributed by atoms with E-state index in [0.717, 1.165) is 24.8 Å². The second-order valence-electron chi connectivity index (χ2n) is 6.15. The van der Waals surface area contributed by atoms with Crippen molar-refractivity contribution in [1.29, 1.82) is 0 Å². The van der Waals surface area contributed by atoms with Crippen LogP contribution in [-0.2, 0) is 11.3 Å². The van der Waals surface area contributed by atoms with Crippen molar-refractivity contribution >= 4 is 6.09 Å². The number of piperidine rings is 1. The lowest BCUT2D eigenvalue weighted by Crippen LogP contribution is -2.55. The number of nitrogens with one attached hydrogen (secondary N) is 1. The zero-order valence-electron chi connectivity index (χ0n) is 12.8. The highest BCUT2D eigenvalue weighted by molar-refractivity contribution is 5.67. The van der Waals surface area contributed by atoms with Crippen LogP contribution in [0.5, 0.6) is 0 Å². The van der Waals surface area contributed by atoms with Crippen molar-refractivity contribution in [1.82, 2.24) is 10.2 Å². The second kappa shape index (κ2) is 7.11. The molecule has 0 aromatic heterocycles. The average molecular weight is 304 g/mol. The lowest BCUT2D eigenvalue weighted by molar-refractivity contribution is 0.0777. The minimum atomic E-state index is -0.344. The number of fused-ring (bicyclic) bond motifs is 2. The normalized spacial score (nSPS) is 27.6. The van der Waals surface area contributed by atoms with E-state index in [2.05, 4.69) is 10.2 Å². The van der Waals surface area contributed by atoms with Gasteiger partial charge in [0.15, 0.2) is 0 Å². The van der Waals surface area contributed by atoms with Gasteiger partial charge in [-0.1, -0.05) is 30.3 Å². The monoisotopic (exact) mass is 304 g/mol. The molecule has 1 aromatic carbocycles. The summed E-state index contributed by atoms with van der Waals surface area (Å²) in [6.07, 6.45) is 4.00. The van der Waals surface area contributed by atoms with Crippen molar-refractivity contribution in [2.45, 2.75) is 50.4 Å². The van der Waals surface area contributed by atoms with Crippen molar-refractivity contribution < 1.29 is 14.6 Å². The number of nitrogens with zero attached hydrogens (tertiary/aromatic N) is 1. The van der Waals surface area contributed by atoms with Crippen LogP contribution in [0.2, 0.25) is 0 Å². The number of aliphatic hydroxyl groups is 1. The molecular formula is C17H24N2O3. The van der Waals surface area contributed by atoms with E-state index < -0.39 is 0 Å². The first-order valence-electron chi connectivity index (χ1n) is 8.12. The number of rotatable bonds is 5. The van der Waals surface area contributed by atoms with E-state index >= 15 is 0 Å². The number of hydrogen-bond donors (Lipinski definition) is 2. The summed E-state index contributed by atoms with van der Waals surface area (Å²) < 4.78 is 5.31. The van der Waals surface area contributed by atoms with Gasteiger partial charge in [0.05, 0.1) is 6.61 Å². The summed E-state index contributed by atoms with van der Waals surface area (Å²) in [5.41, 5.74) is 0.990. The van der Waals surface area contributed by atoms with Gasteiger partial charge in [-0.15, -0.1) is 0 Å². The third-order valence-electron chi connectivity index (χ3n) is 4.84. The van der Waals surface area contributed by atoms with Crippen LogP contribution in [0.15, 0.2) is 30.3 Å². The molecule has 2 heterocycles. The van der Waals surface area contributed by atoms with Gasteiger partial charge in [0.1, 0.15) is 6.61 Å². The lowest BCUT2D eigenvalue weighted by Gasteiger charge is -2.39. The van der Waals surface area contributed by atoms with E-state index in [0.29, 0.717) is 25.2 Å². The summed E-state index contributed by atoms with van der Waals surface area (Å²) in [6, 6.07) is 10.8. The summed E-state index contributed by atoms with van der Waals surface area (Å²) >= 11 is 0. The van der Waals surface area contributed by atoms with Gasteiger partial charge in [-0.2, -0.15) is 0 Å². The van der Waals surface area contributed by atoms with Gasteiger partial charge in [-0.3, -0.25) is 4.90 Å². The Morgan fingerprint density at radius 1 is 1.23 bits per heavy atom.